The summed E-state index contributed by atoms with van der Waals surface area (Å²) in [6, 6.07) is 5.43. The van der Waals surface area contributed by atoms with E-state index in [0.29, 0.717) is 16.4 Å². The van der Waals surface area contributed by atoms with Crippen LogP contribution in [0.5, 0.6) is 5.75 Å². The topological polar surface area (TPSA) is 77.0 Å². The number of anilines is 1. The van der Waals surface area contributed by atoms with E-state index in [0.717, 1.165) is 9.24 Å². The van der Waals surface area contributed by atoms with Crippen LogP contribution in [0.25, 0.3) is 0 Å². The van der Waals surface area contributed by atoms with E-state index >= 15 is 0 Å². The number of amides is 1. The summed E-state index contributed by atoms with van der Waals surface area (Å²) in [5, 5.41) is 13.0. The van der Waals surface area contributed by atoms with Gasteiger partial charge in [-0.15, -0.1) is 21.5 Å². The minimum absolute atomic E-state index is 0.0154. The molecule has 0 unspecified atom stereocenters. The first-order valence-electron chi connectivity index (χ1n) is 7.07. The molecule has 1 aromatic carbocycles. The molecule has 0 aliphatic rings. The Balaban J connectivity index is 1.87. The van der Waals surface area contributed by atoms with E-state index in [2.05, 4.69) is 20.5 Å². The SMILES string of the molecule is CC(C)Oc1cc(Sc2nncs2)cc(C(=O)Nc2nccs2)c1. The van der Waals surface area contributed by atoms with Crippen LogP contribution in [0.4, 0.5) is 5.13 Å². The van der Waals surface area contributed by atoms with Crippen molar-refractivity contribution in [3.05, 3.63) is 40.8 Å². The molecular formula is C15H14N4O2S3. The van der Waals surface area contributed by atoms with Crippen molar-refractivity contribution in [2.45, 2.75) is 29.2 Å². The predicted octanol–water partition coefficient (Wildman–Crippen LogP) is 4.19. The quantitative estimate of drug-likeness (QED) is 0.693. The van der Waals surface area contributed by atoms with Gasteiger partial charge in [-0.25, -0.2) is 4.98 Å². The van der Waals surface area contributed by atoms with Crippen LogP contribution < -0.4 is 10.1 Å². The molecule has 1 N–H and O–H groups in total. The normalized spacial score (nSPS) is 10.8. The Morgan fingerprint density at radius 3 is 2.83 bits per heavy atom. The molecule has 3 rings (SSSR count). The standard InChI is InChI=1S/C15H14N4O2S3/c1-9(2)21-11-5-10(13(20)18-14-16-3-4-22-14)6-12(7-11)24-15-19-17-8-23-15/h3-9H,1-2H3,(H,16,18,20). The molecule has 6 nitrogen and oxygen atoms in total. The number of benzene rings is 1. The molecule has 24 heavy (non-hydrogen) atoms. The molecule has 0 bridgehead atoms. The molecule has 0 saturated carbocycles. The van der Waals surface area contributed by atoms with Gasteiger partial charge < -0.3 is 4.74 Å². The third-order valence-corrected chi connectivity index (χ3v) is 5.15. The molecule has 1 amide bonds. The molecule has 9 heteroatoms. The Labute approximate surface area is 151 Å². The summed E-state index contributed by atoms with van der Waals surface area (Å²) >= 11 is 4.27. The first-order valence-corrected chi connectivity index (χ1v) is 9.64. The van der Waals surface area contributed by atoms with E-state index in [4.69, 9.17) is 4.74 Å². The summed E-state index contributed by atoms with van der Waals surface area (Å²) in [7, 11) is 0. The molecule has 2 aromatic heterocycles. The average Bonchev–Trinajstić information content (AvgIpc) is 3.20. The number of ether oxygens (including phenoxy) is 1. The van der Waals surface area contributed by atoms with Crippen molar-refractivity contribution < 1.29 is 9.53 Å². The fraction of sp³-hybridized carbons (Fsp3) is 0.200. The van der Waals surface area contributed by atoms with Crippen molar-refractivity contribution in [1.82, 2.24) is 15.2 Å². The lowest BCUT2D eigenvalue weighted by Crippen LogP contribution is -2.13. The van der Waals surface area contributed by atoms with Gasteiger partial charge in [-0.05, 0) is 32.0 Å². The van der Waals surface area contributed by atoms with Gasteiger partial charge in [0, 0.05) is 22.0 Å². The van der Waals surface area contributed by atoms with Gasteiger partial charge in [-0.2, -0.15) is 0 Å². The highest BCUT2D eigenvalue weighted by Gasteiger charge is 2.13. The molecule has 0 aliphatic heterocycles. The first-order chi connectivity index (χ1) is 11.6. The molecule has 2 heterocycles. The Morgan fingerprint density at radius 2 is 2.17 bits per heavy atom. The van der Waals surface area contributed by atoms with Crippen LogP contribution in [-0.4, -0.2) is 27.2 Å². The second kappa shape index (κ2) is 7.73. The van der Waals surface area contributed by atoms with Crippen molar-refractivity contribution in [3.8, 4) is 5.75 Å². The van der Waals surface area contributed by atoms with Crippen LogP contribution in [0.2, 0.25) is 0 Å². The lowest BCUT2D eigenvalue weighted by atomic mass is 10.2. The van der Waals surface area contributed by atoms with Crippen molar-refractivity contribution in [3.63, 3.8) is 0 Å². The second-order valence-electron chi connectivity index (χ2n) is 4.96. The van der Waals surface area contributed by atoms with Gasteiger partial charge in [0.05, 0.1) is 6.10 Å². The van der Waals surface area contributed by atoms with Crippen LogP contribution in [0.3, 0.4) is 0 Å². The highest BCUT2D eigenvalue weighted by atomic mass is 32.2. The van der Waals surface area contributed by atoms with Crippen LogP contribution in [-0.2, 0) is 0 Å². The summed E-state index contributed by atoms with van der Waals surface area (Å²) in [4.78, 5) is 17.4. The molecule has 0 atom stereocenters. The number of aromatic nitrogens is 3. The van der Waals surface area contributed by atoms with E-state index in [1.54, 1.807) is 17.8 Å². The molecule has 124 valence electrons. The maximum Gasteiger partial charge on any atom is 0.257 e. The van der Waals surface area contributed by atoms with Crippen molar-refractivity contribution in [2.75, 3.05) is 5.32 Å². The first kappa shape index (κ1) is 16.9. The number of hydrogen-bond acceptors (Lipinski definition) is 8. The fourth-order valence-electron chi connectivity index (χ4n) is 1.86. The summed E-state index contributed by atoms with van der Waals surface area (Å²) in [5.74, 6) is 0.419. The fourth-order valence-corrected chi connectivity index (χ4v) is 3.93. The lowest BCUT2D eigenvalue weighted by molar-refractivity contribution is 0.102. The van der Waals surface area contributed by atoms with E-state index in [9.17, 15) is 4.79 Å². The minimum Gasteiger partial charge on any atom is -0.491 e. The number of thiazole rings is 1. The maximum atomic E-state index is 12.5. The van der Waals surface area contributed by atoms with Crippen molar-refractivity contribution >= 4 is 45.5 Å². The smallest absolute Gasteiger partial charge is 0.257 e. The Bertz CT molecular complexity index is 804. The Kier molecular flexibility index (Phi) is 5.44. The van der Waals surface area contributed by atoms with Gasteiger partial charge in [0.1, 0.15) is 11.3 Å². The molecule has 0 radical (unpaired) electrons. The number of nitrogens with one attached hydrogen (secondary N) is 1. The zero-order valence-electron chi connectivity index (χ0n) is 12.9. The number of carbonyl (C=O) groups is 1. The van der Waals surface area contributed by atoms with E-state index in [-0.39, 0.29) is 12.0 Å². The van der Waals surface area contributed by atoms with Crippen LogP contribution in [0.15, 0.2) is 44.5 Å². The highest BCUT2D eigenvalue weighted by Crippen LogP contribution is 2.32. The van der Waals surface area contributed by atoms with Gasteiger partial charge in [-0.3, -0.25) is 10.1 Å². The monoisotopic (exact) mass is 378 g/mol. The molecule has 0 aliphatic carbocycles. The van der Waals surface area contributed by atoms with E-state index in [1.807, 2.05) is 31.4 Å². The van der Waals surface area contributed by atoms with Gasteiger partial charge in [0.25, 0.3) is 5.91 Å². The van der Waals surface area contributed by atoms with Gasteiger partial charge in [-0.1, -0.05) is 23.1 Å². The summed E-state index contributed by atoms with van der Waals surface area (Å²) in [6.07, 6.45) is 1.66. The number of hydrogen-bond donors (Lipinski definition) is 1. The molecule has 0 saturated heterocycles. The third-order valence-electron chi connectivity index (χ3n) is 2.71. The molecule has 0 spiro atoms. The largest absolute Gasteiger partial charge is 0.491 e. The van der Waals surface area contributed by atoms with E-state index < -0.39 is 0 Å². The number of nitrogens with zero attached hydrogens (tertiary/aromatic N) is 3. The van der Waals surface area contributed by atoms with Crippen LogP contribution in [0.1, 0.15) is 24.2 Å². The predicted molar refractivity (Wildman–Crippen MR) is 96.3 cm³/mol. The summed E-state index contributed by atoms with van der Waals surface area (Å²) < 4.78 is 6.57. The van der Waals surface area contributed by atoms with Crippen molar-refractivity contribution in [2.24, 2.45) is 0 Å². The minimum atomic E-state index is -0.224. The Morgan fingerprint density at radius 1 is 1.29 bits per heavy atom. The average molecular weight is 379 g/mol. The lowest BCUT2D eigenvalue weighted by Gasteiger charge is -2.12. The molecular weight excluding hydrogens is 364 g/mol. The highest BCUT2D eigenvalue weighted by molar-refractivity contribution is 8.01. The van der Waals surface area contributed by atoms with Gasteiger partial charge in [0.2, 0.25) is 0 Å². The van der Waals surface area contributed by atoms with Gasteiger partial charge in [0.15, 0.2) is 9.47 Å². The summed E-state index contributed by atoms with van der Waals surface area (Å²) in [6.45, 7) is 3.89. The molecule has 0 fully saturated rings. The molecule has 3 aromatic rings. The maximum absolute atomic E-state index is 12.5. The number of rotatable bonds is 6. The van der Waals surface area contributed by atoms with Gasteiger partial charge >= 0.3 is 0 Å². The third kappa shape index (κ3) is 4.53. The Hall–Kier alpha value is -1.97. The van der Waals surface area contributed by atoms with Crippen LogP contribution >= 0.6 is 34.4 Å². The zero-order chi connectivity index (χ0) is 16.9. The second-order valence-corrected chi connectivity index (χ2v) is 8.01. The number of carbonyl (C=O) groups excluding carboxylic acids is 1. The van der Waals surface area contributed by atoms with E-state index in [1.165, 1.54) is 34.4 Å². The van der Waals surface area contributed by atoms with Crippen LogP contribution in [0, 0.1) is 0 Å². The zero-order valence-corrected chi connectivity index (χ0v) is 15.4. The summed E-state index contributed by atoms with van der Waals surface area (Å²) in [5.41, 5.74) is 2.18. The van der Waals surface area contributed by atoms with Crippen molar-refractivity contribution in [1.29, 1.82) is 0 Å².